The molecule has 0 saturated carbocycles. The number of unbranched alkanes of at least 4 members (excludes halogenated alkanes) is 35. The van der Waals surface area contributed by atoms with E-state index in [1.165, 1.54) is 193 Å². The summed E-state index contributed by atoms with van der Waals surface area (Å²) >= 11 is 0. The van der Waals surface area contributed by atoms with Crippen molar-refractivity contribution in [1.29, 1.82) is 0 Å². The van der Waals surface area contributed by atoms with Gasteiger partial charge in [0.05, 0.1) is 0 Å². The Morgan fingerprint density at radius 2 is 0.487 bits per heavy atom. The van der Waals surface area contributed by atoms with E-state index in [0.29, 0.717) is 19.3 Å². The lowest BCUT2D eigenvalue weighted by Gasteiger charge is -2.18. The predicted molar refractivity (Wildman–Crippen MR) is 348 cm³/mol. The molecule has 0 aliphatic carbocycles. The van der Waals surface area contributed by atoms with Crippen molar-refractivity contribution in [2.45, 2.75) is 341 Å². The third kappa shape index (κ3) is 65.1. The molecule has 1 atom stereocenters. The van der Waals surface area contributed by atoms with E-state index in [1.54, 1.807) is 0 Å². The fourth-order valence-electron chi connectivity index (χ4n) is 9.67. The zero-order valence-corrected chi connectivity index (χ0v) is 52.8. The fourth-order valence-corrected chi connectivity index (χ4v) is 9.67. The van der Waals surface area contributed by atoms with Gasteiger partial charge in [0, 0.05) is 19.3 Å². The molecule has 0 radical (unpaired) electrons. The topological polar surface area (TPSA) is 78.9 Å². The normalized spacial score (nSPS) is 12.7. The summed E-state index contributed by atoms with van der Waals surface area (Å²) in [7, 11) is 0. The second kappa shape index (κ2) is 67.8. The zero-order valence-electron chi connectivity index (χ0n) is 52.8. The molecule has 0 bridgehead atoms. The number of carbonyl (C=O) groups is 3. The molecule has 460 valence electrons. The molecule has 0 aliphatic heterocycles. The molecule has 0 N–H and O–H groups in total. The molecule has 6 nitrogen and oxygen atoms in total. The molecule has 0 heterocycles. The maximum atomic E-state index is 12.9. The Bertz CT molecular complexity index is 1560. The summed E-state index contributed by atoms with van der Waals surface area (Å²) in [4.78, 5) is 38.4. The van der Waals surface area contributed by atoms with Crippen molar-refractivity contribution in [3.05, 3.63) is 97.2 Å². The van der Waals surface area contributed by atoms with Crippen molar-refractivity contribution in [3.8, 4) is 0 Å². The van der Waals surface area contributed by atoms with Gasteiger partial charge in [-0.15, -0.1) is 0 Å². The molecule has 0 saturated heterocycles. The summed E-state index contributed by atoms with van der Waals surface area (Å²) in [6.07, 6.45) is 91.3. The van der Waals surface area contributed by atoms with E-state index in [-0.39, 0.29) is 31.1 Å². The van der Waals surface area contributed by atoms with E-state index < -0.39 is 6.10 Å². The van der Waals surface area contributed by atoms with Gasteiger partial charge >= 0.3 is 17.9 Å². The maximum Gasteiger partial charge on any atom is 0.306 e. The van der Waals surface area contributed by atoms with Crippen LogP contribution in [0.1, 0.15) is 335 Å². The van der Waals surface area contributed by atoms with Gasteiger partial charge in [-0.05, 0) is 122 Å². The summed E-state index contributed by atoms with van der Waals surface area (Å²) in [5.74, 6) is -0.884. The monoisotopic (exact) mass is 1110 g/mol. The minimum atomic E-state index is -0.786. The standard InChI is InChI=1S/C74H128O6/c1-4-7-10-13-16-19-22-25-28-30-32-34-35-36-37-38-39-41-42-44-46-49-52-55-58-61-64-67-73(76)79-70-71(69-78-72(75)66-63-60-57-54-51-48-27-24-21-18-15-12-9-6-3)80-74(77)68-65-62-59-56-53-50-47-45-43-40-33-31-29-26-23-20-17-14-11-8-5-2/h7,10,16,19,23-28,31-34,36-37,71H,4-6,8-9,11-15,17-18,20-22,29-30,35,38-70H2,1-3H3/b10-7-,19-16-,26-23-,27-24-,28-25-,33-31-,34-32-,37-36-. The number of allylic oxidation sites excluding steroid dienone is 16. The summed E-state index contributed by atoms with van der Waals surface area (Å²) in [6.45, 7) is 6.53. The van der Waals surface area contributed by atoms with E-state index in [4.69, 9.17) is 14.2 Å². The van der Waals surface area contributed by atoms with Crippen LogP contribution >= 0.6 is 0 Å². The van der Waals surface area contributed by atoms with Crippen LogP contribution in [0.4, 0.5) is 0 Å². The van der Waals surface area contributed by atoms with E-state index in [9.17, 15) is 14.4 Å². The average Bonchev–Trinajstić information content (AvgIpc) is 3.46. The van der Waals surface area contributed by atoms with Crippen LogP contribution in [0.25, 0.3) is 0 Å². The highest BCUT2D eigenvalue weighted by molar-refractivity contribution is 5.71. The Balaban J connectivity index is 4.32. The van der Waals surface area contributed by atoms with Gasteiger partial charge in [0.2, 0.25) is 0 Å². The van der Waals surface area contributed by atoms with Gasteiger partial charge in [-0.2, -0.15) is 0 Å². The van der Waals surface area contributed by atoms with Crippen molar-refractivity contribution in [1.82, 2.24) is 0 Å². The smallest absolute Gasteiger partial charge is 0.306 e. The van der Waals surface area contributed by atoms with Crippen LogP contribution < -0.4 is 0 Å². The molecule has 0 aromatic heterocycles. The molecule has 0 aliphatic rings. The number of esters is 3. The molecule has 0 spiro atoms. The second-order valence-corrected chi connectivity index (χ2v) is 22.7. The molecule has 0 rings (SSSR count). The maximum absolute atomic E-state index is 12.9. The van der Waals surface area contributed by atoms with Crippen LogP contribution in [0.2, 0.25) is 0 Å². The molecule has 0 aromatic carbocycles. The third-order valence-electron chi connectivity index (χ3n) is 14.8. The average molecular weight is 1110 g/mol. The Labute approximate surface area is 496 Å². The molecule has 1 unspecified atom stereocenters. The van der Waals surface area contributed by atoms with E-state index in [1.807, 2.05) is 0 Å². The van der Waals surface area contributed by atoms with Crippen LogP contribution in [0.15, 0.2) is 97.2 Å². The summed E-state index contributed by atoms with van der Waals surface area (Å²) in [5.41, 5.74) is 0. The Morgan fingerprint density at radius 1 is 0.263 bits per heavy atom. The van der Waals surface area contributed by atoms with Crippen molar-refractivity contribution >= 4 is 17.9 Å². The SMILES string of the molecule is CC/C=C\C/C=C\C/C=C\C/C=C\C/C=C\CCCCCCCCCCCCCC(=O)OCC(COC(=O)CCCCCCC/C=C\CCCCCCC)OC(=O)CCCCCCCCCCC/C=C\C/C=C\CCCCCCC. The van der Waals surface area contributed by atoms with E-state index >= 15 is 0 Å². The first kappa shape index (κ1) is 76.3. The van der Waals surface area contributed by atoms with Crippen molar-refractivity contribution in [3.63, 3.8) is 0 Å². The van der Waals surface area contributed by atoms with Crippen LogP contribution in [0.5, 0.6) is 0 Å². The predicted octanol–water partition coefficient (Wildman–Crippen LogP) is 23.6. The molecule has 0 amide bonds. The Hall–Kier alpha value is -3.67. The quantitative estimate of drug-likeness (QED) is 0.0261. The van der Waals surface area contributed by atoms with Gasteiger partial charge < -0.3 is 14.2 Å². The molecular weight excluding hydrogens is 985 g/mol. The summed E-state index contributed by atoms with van der Waals surface area (Å²) in [6, 6.07) is 0. The van der Waals surface area contributed by atoms with Crippen LogP contribution in [0.3, 0.4) is 0 Å². The number of rotatable bonds is 62. The number of ether oxygens (including phenoxy) is 3. The van der Waals surface area contributed by atoms with Gasteiger partial charge in [0.25, 0.3) is 0 Å². The first-order chi connectivity index (χ1) is 39.5. The van der Waals surface area contributed by atoms with Gasteiger partial charge in [0.15, 0.2) is 6.10 Å². The lowest BCUT2D eigenvalue weighted by atomic mass is 10.0. The number of hydrogen-bond donors (Lipinski definition) is 0. The fraction of sp³-hybridized carbons (Fsp3) is 0.743. The highest BCUT2D eigenvalue weighted by Gasteiger charge is 2.19. The van der Waals surface area contributed by atoms with E-state index in [0.717, 1.165) is 103 Å². The van der Waals surface area contributed by atoms with Crippen molar-refractivity contribution < 1.29 is 28.6 Å². The third-order valence-corrected chi connectivity index (χ3v) is 14.8. The van der Waals surface area contributed by atoms with Gasteiger partial charge in [0.1, 0.15) is 13.2 Å². The lowest BCUT2D eigenvalue weighted by molar-refractivity contribution is -0.167. The minimum Gasteiger partial charge on any atom is -0.462 e. The van der Waals surface area contributed by atoms with Gasteiger partial charge in [-0.3, -0.25) is 14.4 Å². The Kier molecular flexibility index (Phi) is 64.7. The molecule has 6 heteroatoms. The summed E-state index contributed by atoms with van der Waals surface area (Å²) in [5, 5.41) is 0. The summed E-state index contributed by atoms with van der Waals surface area (Å²) < 4.78 is 17.0. The van der Waals surface area contributed by atoms with Crippen LogP contribution in [-0.2, 0) is 28.6 Å². The highest BCUT2D eigenvalue weighted by atomic mass is 16.6. The molecule has 0 fully saturated rings. The van der Waals surface area contributed by atoms with Crippen molar-refractivity contribution in [2.24, 2.45) is 0 Å². The van der Waals surface area contributed by atoms with Gasteiger partial charge in [-0.25, -0.2) is 0 Å². The molecule has 80 heavy (non-hydrogen) atoms. The van der Waals surface area contributed by atoms with E-state index in [2.05, 4.69) is 118 Å². The van der Waals surface area contributed by atoms with Crippen molar-refractivity contribution in [2.75, 3.05) is 13.2 Å². The molecular formula is C74H128O6. The van der Waals surface area contributed by atoms with Crippen LogP contribution in [-0.4, -0.2) is 37.2 Å². The first-order valence-corrected chi connectivity index (χ1v) is 34.2. The zero-order chi connectivity index (χ0) is 57.8. The number of carbonyl (C=O) groups excluding carboxylic acids is 3. The number of hydrogen-bond acceptors (Lipinski definition) is 6. The largest absolute Gasteiger partial charge is 0.462 e. The first-order valence-electron chi connectivity index (χ1n) is 34.2. The molecule has 0 aromatic rings. The lowest BCUT2D eigenvalue weighted by Crippen LogP contribution is -2.30. The minimum absolute atomic E-state index is 0.0819. The van der Waals surface area contributed by atoms with Crippen LogP contribution in [0, 0.1) is 0 Å². The van der Waals surface area contributed by atoms with Gasteiger partial charge in [-0.1, -0.05) is 291 Å². The second-order valence-electron chi connectivity index (χ2n) is 22.7. The highest BCUT2D eigenvalue weighted by Crippen LogP contribution is 2.16. The Morgan fingerprint density at radius 3 is 0.775 bits per heavy atom.